The number of carbonyl (C=O) groups is 2. The Balaban J connectivity index is 1.28. The highest BCUT2D eigenvalue weighted by molar-refractivity contribution is 5.91. The van der Waals surface area contributed by atoms with Crippen molar-refractivity contribution in [1.29, 1.82) is 0 Å². The average molecular weight is 521 g/mol. The lowest BCUT2D eigenvalue weighted by molar-refractivity contribution is -0.151. The minimum absolute atomic E-state index is 0.0392. The van der Waals surface area contributed by atoms with Crippen molar-refractivity contribution in [2.24, 2.45) is 0 Å². The Hall–Kier alpha value is -3.20. The number of allylic oxidation sites excluding steroid dienone is 1. The van der Waals surface area contributed by atoms with Crippen molar-refractivity contribution in [3.8, 4) is 11.1 Å². The number of likely N-dealkylation sites (tertiary alicyclic amines) is 1. The van der Waals surface area contributed by atoms with Gasteiger partial charge in [-0.3, -0.25) is 9.59 Å². The SMILES string of the molecule is O=C(NCCCN1CCCC1=O)C1=C[C@H](c2cccc3c2Cc2ccccc2-3)C[C@H](OCCOCCO)O1. The van der Waals surface area contributed by atoms with Crippen LogP contribution in [0.5, 0.6) is 0 Å². The third kappa shape index (κ3) is 6.09. The van der Waals surface area contributed by atoms with Crippen LogP contribution in [-0.2, 0) is 30.2 Å². The number of nitrogens with zero attached hydrogens (tertiary/aromatic N) is 1. The van der Waals surface area contributed by atoms with Crippen molar-refractivity contribution in [3.05, 3.63) is 71.0 Å². The smallest absolute Gasteiger partial charge is 0.286 e. The van der Waals surface area contributed by atoms with Gasteiger partial charge in [0.05, 0.1) is 26.4 Å². The van der Waals surface area contributed by atoms with E-state index < -0.39 is 6.29 Å². The molecule has 8 nitrogen and oxygen atoms in total. The summed E-state index contributed by atoms with van der Waals surface area (Å²) < 4.78 is 17.3. The van der Waals surface area contributed by atoms with Crippen LogP contribution in [0.1, 0.15) is 48.3 Å². The molecule has 2 atom stereocenters. The number of ether oxygens (including phenoxy) is 3. The highest BCUT2D eigenvalue weighted by Gasteiger charge is 2.32. The molecule has 2 aromatic carbocycles. The van der Waals surface area contributed by atoms with E-state index in [1.54, 1.807) is 0 Å². The van der Waals surface area contributed by atoms with E-state index in [0.717, 1.165) is 19.4 Å². The number of hydrogen-bond donors (Lipinski definition) is 2. The fourth-order valence-electron chi connectivity index (χ4n) is 5.57. The molecule has 1 fully saturated rings. The number of hydrogen-bond acceptors (Lipinski definition) is 6. The van der Waals surface area contributed by atoms with E-state index in [4.69, 9.17) is 19.3 Å². The molecule has 0 saturated carbocycles. The van der Waals surface area contributed by atoms with E-state index in [-0.39, 0.29) is 36.7 Å². The molecular formula is C30H36N2O6. The molecule has 2 aliphatic heterocycles. The monoisotopic (exact) mass is 520 g/mol. The van der Waals surface area contributed by atoms with Crippen LogP contribution in [0.15, 0.2) is 54.3 Å². The zero-order valence-corrected chi connectivity index (χ0v) is 21.7. The molecule has 202 valence electrons. The van der Waals surface area contributed by atoms with Crippen LogP contribution in [0, 0.1) is 0 Å². The minimum Gasteiger partial charge on any atom is -0.459 e. The molecular weight excluding hydrogens is 484 g/mol. The molecule has 0 unspecified atom stereocenters. The van der Waals surface area contributed by atoms with Gasteiger partial charge in [0.15, 0.2) is 5.76 Å². The first-order chi connectivity index (χ1) is 18.6. The van der Waals surface area contributed by atoms with Gasteiger partial charge in [-0.25, -0.2) is 0 Å². The van der Waals surface area contributed by atoms with E-state index in [1.807, 2.05) is 11.0 Å². The summed E-state index contributed by atoms with van der Waals surface area (Å²) in [5, 5.41) is 11.9. The van der Waals surface area contributed by atoms with Gasteiger partial charge in [-0.2, -0.15) is 0 Å². The normalized spacial score (nSPS) is 20.1. The molecule has 2 N–H and O–H groups in total. The number of amides is 2. The fourth-order valence-corrected chi connectivity index (χ4v) is 5.57. The number of aliphatic hydroxyl groups is 1. The first kappa shape index (κ1) is 26.4. The molecule has 38 heavy (non-hydrogen) atoms. The second kappa shape index (κ2) is 12.6. The number of nitrogens with one attached hydrogen (secondary N) is 1. The van der Waals surface area contributed by atoms with E-state index in [2.05, 4.69) is 47.8 Å². The summed E-state index contributed by atoms with van der Waals surface area (Å²) in [7, 11) is 0. The molecule has 1 aliphatic carbocycles. The predicted octanol–water partition coefficient (Wildman–Crippen LogP) is 3.13. The van der Waals surface area contributed by atoms with Gasteiger partial charge in [-0.15, -0.1) is 0 Å². The number of rotatable bonds is 12. The van der Waals surface area contributed by atoms with Crippen LogP contribution in [0.2, 0.25) is 0 Å². The van der Waals surface area contributed by atoms with Crippen molar-refractivity contribution < 1.29 is 28.9 Å². The zero-order chi connectivity index (χ0) is 26.3. The maximum Gasteiger partial charge on any atom is 0.286 e. The first-order valence-electron chi connectivity index (χ1n) is 13.6. The highest BCUT2D eigenvalue weighted by Crippen LogP contribution is 2.42. The van der Waals surface area contributed by atoms with Gasteiger partial charge in [0.2, 0.25) is 12.2 Å². The fraction of sp³-hybridized carbons (Fsp3) is 0.467. The Kier molecular flexibility index (Phi) is 8.73. The second-order valence-electron chi connectivity index (χ2n) is 9.93. The van der Waals surface area contributed by atoms with Gasteiger partial charge in [0.25, 0.3) is 5.91 Å². The minimum atomic E-state index is -0.592. The molecule has 0 spiro atoms. The van der Waals surface area contributed by atoms with Gasteiger partial charge in [0.1, 0.15) is 0 Å². The molecule has 0 aromatic heterocycles. The summed E-state index contributed by atoms with van der Waals surface area (Å²) in [6.45, 7) is 2.76. The third-order valence-corrected chi connectivity index (χ3v) is 7.40. The Morgan fingerprint density at radius 2 is 1.97 bits per heavy atom. The number of carbonyl (C=O) groups excluding carboxylic acids is 2. The molecule has 0 bridgehead atoms. The zero-order valence-electron chi connectivity index (χ0n) is 21.7. The molecule has 5 rings (SSSR count). The molecule has 8 heteroatoms. The summed E-state index contributed by atoms with van der Waals surface area (Å²) in [5.74, 6) is 0.133. The summed E-state index contributed by atoms with van der Waals surface area (Å²) >= 11 is 0. The summed E-state index contributed by atoms with van der Waals surface area (Å²) in [4.78, 5) is 26.8. The highest BCUT2D eigenvalue weighted by atomic mass is 16.7. The van der Waals surface area contributed by atoms with Crippen LogP contribution >= 0.6 is 0 Å². The standard InChI is InChI=1S/C30H36N2O6/c33-14-15-36-16-17-37-29-20-22(24-8-3-9-25-23-7-2-1-6-21(23)18-26(24)25)19-27(38-29)30(35)31-11-5-13-32-12-4-10-28(32)34/h1-3,6-9,19,22,29,33H,4-5,10-18,20H2,(H,31,35)/t22-,29+/m0/s1. The van der Waals surface area contributed by atoms with Crippen molar-refractivity contribution in [2.45, 2.75) is 44.3 Å². The van der Waals surface area contributed by atoms with Gasteiger partial charge in [-0.05, 0) is 53.2 Å². The molecule has 2 amide bonds. The number of fused-ring (bicyclic) bond motifs is 3. The number of benzene rings is 2. The van der Waals surface area contributed by atoms with Gasteiger partial charge < -0.3 is 29.5 Å². The molecule has 2 aromatic rings. The topological polar surface area (TPSA) is 97.3 Å². The summed E-state index contributed by atoms with van der Waals surface area (Å²) in [5.41, 5.74) is 6.30. The van der Waals surface area contributed by atoms with E-state index in [1.165, 1.54) is 27.8 Å². The van der Waals surface area contributed by atoms with Gasteiger partial charge in [0, 0.05) is 38.4 Å². The Labute approximate surface area is 223 Å². The summed E-state index contributed by atoms with van der Waals surface area (Å²) in [6, 6.07) is 14.9. The van der Waals surface area contributed by atoms with E-state index in [0.29, 0.717) is 45.6 Å². The van der Waals surface area contributed by atoms with Crippen LogP contribution in [0.4, 0.5) is 0 Å². The van der Waals surface area contributed by atoms with Crippen molar-refractivity contribution in [3.63, 3.8) is 0 Å². The van der Waals surface area contributed by atoms with Crippen LogP contribution in [-0.4, -0.2) is 74.2 Å². The Bertz CT molecular complexity index is 1180. The van der Waals surface area contributed by atoms with Crippen LogP contribution < -0.4 is 5.32 Å². The molecule has 2 heterocycles. The van der Waals surface area contributed by atoms with Crippen molar-refractivity contribution in [2.75, 3.05) is 46.1 Å². The van der Waals surface area contributed by atoms with Crippen molar-refractivity contribution >= 4 is 11.8 Å². The van der Waals surface area contributed by atoms with Crippen LogP contribution in [0.3, 0.4) is 0 Å². The lowest BCUT2D eigenvalue weighted by Gasteiger charge is -2.30. The van der Waals surface area contributed by atoms with Gasteiger partial charge >= 0.3 is 0 Å². The molecule has 3 aliphatic rings. The molecule has 0 radical (unpaired) electrons. The Morgan fingerprint density at radius 3 is 2.82 bits per heavy atom. The predicted molar refractivity (Wildman–Crippen MR) is 142 cm³/mol. The summed E-state index contributed by atoms with van der Waals surface area (Å²) in [6.07, 6.45) is 5.00. The maximum atomic E-state index is 13.1. The lowest BCUT2D eigenvalue weighted by atomic mass is 9.87. The largest absolute Gasteiger partial charge is 0.459 e. The van der Waals surface area contributed by atoms with E-state index >= 15 is 0 Å². The lowest BCUT2D eigenvalue weighted by Crippen LogP contribution is -2.35. The molecule has 1 saturated heterocycles. The van der Waals surface area contributed by atoms with Crippen LogP contribution in [0.25, 0.3) is 11.1 Å². The maximum absolute atomic E-state index is 13.1. The Morgan fingerprint density at radius 1 is 1.11 bits per heavy atom. The number of aliphatic hydroxyl groups excluding tert-OH is 1. The van der Waals surface area contributed by atoms with Gasteiger partial charge in [-0.1, -0.05) is 42.5 Å². The third-order valence-electron chi connectivity index (χ3n) is 7.40. The average Bonchev–Trinajstić information content (AvgIpc) is 3.53. The quantitative estimate of drug-likeness (QED) is 0.356. The van der Waals surface area contributed by atoms with Crippen molar-refractivity contribution in [1.82, 2.24) is 10.2 Å². The van der Waals surface area contributed by atoms with E-state index in [9.17, 15) is 9.59 Å². The first-order valence-corrected chi connectivity index (χ1v) is 13.6. The second-order valence-corrected chi connectivity index (χ2v) is 9.93.